The van der Waals surface area contributed by atoms with Gasteiger partial charge >= 0.3 is 0 Å². The Balaban J connectivity index is 2.27. The van der Waals surface area contributed by atoms with Crippen molar-refractivity contribution in [3.63, 3.8) is 0 Å². The van der Waals surface area contributed by atoms with E-state index in [1.165, 1.54) is 6.07 Å². The van der Waals surface area contributed by atoms with Crippen LogP contribution in [0.4, 0.5) is 11.4 Å². The summed E-state index contributed by atoms with van der Waals surface area (Å²) in [6.07, 6.45) is 1.61. The summed E-state index contributed by atoms with van der Waals surface area (Å²) in [6.45, 7) is 0.409. The molecule has 7 nitrogen and oxygen atoms in total. The van der Waals surface area contributed by atoms with Gasteiger partial charge < -0.3 is 11.1 Å². The fraction of sp³-hybridized carbons (Fsp3) is 0.100. The van der Waals surface area contributed by atoms with Crippen molar-refractivity contribution < 1.29 is 8.42 Å². The number of hydrogen-bond acceptors (Lipinski definition) is 5. The fourth-order valence-electron chi connectivity index (χ4n) is 1.49. The Kier molecular flexibility index (Phi) is 3.21. The Morgan fingerprint density at radius 2 is 2.11 bits per heavy atom. The number of nitrogen functional groups attached to an aromatic ring is 1. The van der Waals surface area contributed by atoms with Crippen molar-refractivity contribution in [1.82, 2.24) is 10.2 Å². The zero-order valence-corrected chi connectivity index (χ0v) is 10.2. The molecular formula is C10H13N5O2S. The largest absolute Gasteiger partial charge is 0.399 e. The van der Waals surface area contributed by atoms with Crippen molar-refractivity contribution in [2.75, 3.05) is 11.1 Å². The summed E-state index contributed by atoms with van der Waals surface area (Å²) in [5, 5.41) is 14.6. The molecular weight excluding hydrogens is 254 g/mol. The maximum absolute atomic E-state index is 11.4. The summed E-state index contributed by atoms with van der Waals surface area (Å²) < 4.78 is 22.9. The van der Waals surface area contributed by atoms with E-state index < -0.39 is 10.0 Å². The van der Waals surface area contributed by atoms with E-state index >= 15 is 0 Å². The van der Waals surface area contributed by atoms with Gasteiger partial charge in [0.2, 0.25) is 10.0 Å². The molecule has 0 amide bonds. The molecule has 0 aliphatic carbocycles. The maximum atomic E-state index is 11.4. The normalized spacial score (nSPS) is 11.4. The molecule has 0 radical (unpaired) electrons. The summed E-state index contributed by atoms with van der Waals surface area (Å²) in [5.41, 5.74) is 7.12. The van der Waals surface area contributed by atoms with Gasteiger partial charge in [-0.05, 0) is 24.3 Å². The van der Waals surface area contributed by atoms with Gasteiger partial charge in [0.25, 0.3) is 0 Å². The number of benzene rings is 1. The molecule has 0 aliphatic heterocycles. The molecule has 0 atom stereocenters. The summed E-state index contributed by atoms with van der Waals surface area (Å²) in [6, 6.07) is 6.28. The lowest BCUT2D eigenvalue weighted by molar-refractivity contribution is 0.598. The number of nitrogens with one attached hydrogen (secondary N) is 2. The van der Waals surface area contributed by atoms with Crippen LogP contribution in [0.25, 0.3) is 0 Å². The molecule has 0 saturated carbocycles. The molecule has 1 aromatic carbocycles. The van der Waals surface area contributed by atoms with Gasteiger partial charge in [0.15, 0.2) is 0 Å². The molecule has 0 unspecified atom stereocenters. The smallest absolute Gasteiger partial charge is 0.240 e. The van der Waals surface area contributed by atoms with Crippen LogP contribution in [0.3, 0.4) is 0 Å². The highest BCUT2D eigenvalue weighted by molar-refractivity contribution is 7.89. The standard InChI is InChI=1S/C10H13N5O2S/c11-7-1-2-9(10(5-7)18(12,16)17)13-6-8-3-4-14-15-8/h1-5,13H,6,11H2,(H,14,15)(H2,12,16,17). The van der Waals surface area contributed by atoms with Crippen molar-refractivity contribution >= 4 is 21.4 Å². The fourth-order valence-corrected chi connectivity index (χ4v) is 2.24. The number of hydrogen-bond donors (Lipinski definition) is 4. The van der Waals surface area contributed by atoms with Gasteiger partial charge in [-0.15, -0.1) is 0 Å². The van der Waals surface area contributed by atoms with E-state index in [2.05, 4.69) is 15.5 Å². The van der Waals surface area contributed by atoms with Crippen LogP contribution < -0.4 is 16.2 Å². The van der Waals surface area contributed by atoms with Crippen LogP contribution in [-0.2, 0) is 16.6 Å². The highest BCUT2D eigenvalue weighted by Crippen LogP contribution is 2.23. The molecule has 0 saturated heterocycles. The second-order valence-corrected chi connectivity index (χ2v) is 5.27. The summed E-state index contributed by atoms with van der Waals surface area (Å²) in [4.78, 5) is -0.0259. The average molecular weight is 267 g/mol. The first-order valence-corrected chi connectivity index (χ1v) is 6.66. The third-order valence-corrected chi connectivity index (χ3v) is 3.29. The number of aromatic nitrogens is 2. The molecule has 6 N–H and O–H groups in total. The van der Waals surface area contributed by atoms with Crippen molar-refractivity contribution in [3.05, 3.63) is 36.2 Å². The Morgan fingerprint density at radius 3 is 2.72 bits per heavy atom. The Bertz CT molecular complexity index is 636. The average Bonchev–Trinajstić information content (AvgIpc) is 2.79. The summed E-state index contributed by atoms with van der Waals surface area (Å²) in [7, 11) is -3.82. The van der Waals surface area contributed by atoms with Gasteiger partial charge in [0.1, 0.15) is 4.90 Å². The lowest BCUT2D eigenvalue weighted by atomic mass is 10.3. The molecule has 18 heavy (non-hydrogen) atoms. The molecule has 0 bridgehead atoms. The lowest BCUT2D eigenvalue weighted by Gasteiger charge is -2.10. The van der Waals surface area contributed by atoms with Crippen LogP contribution in [0.2, 0.25) is 0 Å². The van der Waals surface area contributed by atoms with Gasteiger partial charge in [0.05, 0.1) is 17.9 Å². The van der Waals surface area contributed by atoms with E-state index in [-0.39, 0.29) is 4.90 Å². The van der Waals surface area contributed by atoms with Crippen molar-refractivity contribution in [3.8, 4) is 0 Å². The topological polar surface area (TPSA) is 127 Å². The van der Waals surface area contributed by atoms with Gasteiger partial charge in [-0.1, -0.05) is 0 Å². The van der Waals surface area contributed by atoms with Crippen LogP contribution in [0.1, 0.15) is 5.69 Å². The van der Waals surface area contributed by atoms with Gasteiger partial charge in [-0.25, -0.2) is 13.6 Å². The van der Waals surface area contributed by atoms with Gasteiger partial charge in [-0.2, -0.15) is 5.10 Å². The number of anilines is 2. The van der Waals surface area contributed by atoms with Crippen molar-refractivity contribution in [1.29, 1.82) is 0 Å². The van der Waals surface area contributed by atoms with Crippen molar-refractivity contribution in [2.24, 2.45) is 5.14 Å². The molecule has 8 heteroatoms. The Labute approximate surface area is 104 Å². The first-order chi connectivity index (χ1) is 8.47. The summed E-state index contributed by atoms with van der Waals surface area (Å²) >= 11 is 0. The lowest BCUT2D eigenvalue weighted by Crippen LogP contribution is -2.15. The number of sulfonamides is 1. The molecule has 0 spiro atoms. The van der Waals surface area contributed by atoms with E-state index in [9.17, 15) is 8.42 Å². The van der Waals surface area contributed by atoms with E-state index in [0.29, 0.717) is 17.9 Å². The summed E-state index contributed by atoms with van der Waals surface area (Å²) in [5.74, 6) is 0. The van der Waals surface area contributed by atoms with E-state index in [1.807, 2.05) is 0 Å². The third-order valence-electron chi connectivity index (χ3n) is 2.34. The first-order valence-electron chi connectivity index (χ1n) is 5.11. The van der Waals surface area contributed by atoms with E-state index in [0.717, 1.165) is 5.69 Å². The Hall–Kier alpha value is -2.06. The monoisotopic (exact) mass is 267 g/mol. The highest BCUT2D eigenvalue weighted by Gasteiger charge is 2.14. The molecule has 1 heterocycles. The molecule has 0 aliphatic rings. The number of rotatable bonds is 4. The minimum absolute atomic E-state index is 0.0259. The molecule has 0 fully saturated rings. The molecule has 96 valence electrons. The second kappa shape index (κ2) is 4.67. The highest BCUT2D eigenvalue weighted by atomic mass is 32.2. The molecule has 1 aromatic heterocycles. The zero-order valence-electron chi connectivity index (χ0n) is 9.42. The third kappa shape index (κ3) is 2.79. The number of nitrogens with two attached hydrogens (primary N) is 2. The zero-order chi connectivity index (χ0) is 13.2. The Morgan fingerprint density at radius 1 is 1.33 bits per heavy atom. The maximum Gasteiger partial charge on any atom is 0.240 e. The number of aromatic amines is 1. The number of H-pyrrole nitrogens is 1. The van der Waals surface area contributed by atoms with Crippen LogP contribution in [0, 0.1) is 0 Å². The van der Waals surface area contributed by atoms with E-state index in [1.54, 1.807) is 24.4 Å². The van der Waals surface area contributed by atoms with Gasteiger partial charge in [-0.3, -0.25) is 5.10 Å². The number of nitrogens with zero attached hydrogens (tertiary/aromatic N) is 1. The molecule has 2 rings (SSSR count). The minimum Gasteiger partial charge on any atom is -0.399 e. The van der Waals surface area contributed by atoms with E-state index in [4.69, 9.17) is 10.9 Å². The molecule has 2 aromatic rings. The van der Waals surface area contributed by atoms with Crippen LogP contribution in [-0.4, -0.2) is 18.6 Å². The van der Waals surface area contributed by atoms with Crippen LogP contribution in [0.15, 0.2) is 35.4 Å². The van der Waals surface area contributed by atoms with Crippen LogP contribution >= 0.6 is 0 Å². The minimum atomic E-state index is -3.82. The van der Waals surface area contributed by atoms with Crippen LogP contribution in [0.5, 0.6) is 0 Å². The number of primary sulfonamides is 1. The quantitative estimate of drug-likeness (QED) is 0.590. The van der Waals surface area contributed by atoms with Crippen molar-refractivity contribution in [2.45, 2.75) is 11.4 Å². The predicted molar refractivity (Wildman–Crippen MR) is 68.1 cm³/mol. The first kappa shape index (κ1) is 12.4. The van der Waals surface area contributed by atoms with Gasteiger partial charge in [0, 0.05) is 11.9 Å². The second-order valence-electron chi connectivity index (χ2n) is 3.74. The predicted octanol–water partition coefficient (Wildman–Crippen LogP) is 0.251. The SMILES string of the molecule is Nc1ccc(NCc2ccn[nH]2)c(S(N)(=O)=O)c1.